The fraction of sp³-hybridized carbons (Fsp3) is 0.750. The molecule has 2 N–H and O–H groups in total. The number of aromatic amines is 1. The lowest BCUT2D eigenvalue weighted by Crippen LogP contribution is -2.49. The molecule has 6 rings (SSSR count). The summed E-state index contributed by atoms with van der Waals surface area (Å²) in [7, 11) is 1.72. The Balaban J connectivity index is 1.46. The van der Waals surface area contributed by atoms with Crippen LogP contribution in [0.25, 0.3) is 22.8 Å². The minimum Gasteiger partial charge on any atom is -0.382 e. The Labute approximate surface area is 234 Å². The van der Waals surface area contributed by atoms with E-state index in [2.05, 4.69) is 38.8 Å². The molecule has 2 aliphatic carbocycles. The van der Waals surface area contributed by atoms with E-state index in [1.54, 1.807) is 7.11 Å². The first-order valence-electron chi connectivity index (χ1n) is 15.0. The van der Waals surface area contributed by atoms with E-state index in [-0.39, 0.29) is 23.7 Å². The fourth-order valence-corrected chi connectivity index (χ4v) is 6.55. The van der Waals surface area contributed by atoms with E-state index in [1.807, 2.05) is 0 Å². The minimum atomic E-state index is -0.638. The molecular weight excluding hydrogens is 512 g/mol. The van der Waals surface area contributed by atoms with Gasteiger partial charge in [-0.1, -0.05) is 37.8 Å². The number of morpholine rings is 1. The summed E-state index contributed by atoms with van der Waals surface area (Å²) in [6.45, 7) is 7.86. The van der Waals surface area contributed by atoms with E-state index in [9.17, 15) is 4.79 Å². The number of fused-ring (bicyclic) bond motifs is 1. The lowest BCUT2D eigenvalue weighted by molar-refractivity contribution is 0.0589. The van der Waals surface area contributed by atoms with Crippen LogP contribution in [0.3, 0.4) is 0 Å². The molecule has 0 bridgehead atoms. The zero-order valence-electron chi connectivity index (χ0n) is 23.9. The fourth-order valence-electron chi connectivity index (χ4n) is 6.55. The van der Waals surface area contributed by atoms with Crippen molar-refractivity contribution in [2.24, 2.45) is 17.8 Å². The summed E-state index contributed by atoms with van der Waals surface area (Å²) < 4.78 is 18.5. The van der Waals surface area contributed by atoms with Crippen LogP contribution < -0.4 is 16.0 Å². The van der Waals surface area contributed by atoms with Crippen molar-refractivity contribution >= 4 is 22.9 Å². The molecule has 0 radical (unpaired) electrons. The molecule has 0 spiro atoms. The molecule has 3 aliphatic rings. The number of H-pyrrole nitrogens is 1. The normalized spacial score (nSPS) is 24.8. The third-order valence-corrected chi connectivity index (χ3v) is 9.28. The van der Waals surface area contributed by atoms with Crippen LogP contribution in [0.4, 0.5) is 11.8 Å². The summed E-state index contributed by atoms with van der Waals surface area (Å²) in [6, 6.07) is 0.294. The van der Waals surface area contributed by atoms with Crippen molar-refractivity contribution in [1.29, 1.82) is 0 Å². The summed E-state index contributed by atoms with van der Waals surface area (Å²) in [5.74, 6) is 3.44. The van der Waals surface area contributed by atoms with Crippen LogP contribution >= 0.6 is 0 Å². The number of imidazole rings is 1. The van der Waals surface area contributed by atoms with Crippen LogP contribution in [-0.2, 0) is 16.0 Å². The third kappa shape index (κ3) is 5.47. The maximum atomic E-state index is 11.7. The molecule has 0 amide bonds. The predicted molar refractivity (Wildman–Crippen MR) is 151 cm³/mol. The molecule has 218 valence electrons. The number of ether oxygens (including phenoxy) is 2. The average Bonchev–Trinajstić information content (AvgIpc) is 3.52. The van der Waals surface area contributed by atoms with E-state index < -0.39 is 5.76 Å². The van der Waals surface area contributed by atoms with Gasteiger partial charge in [-0.25, -0.2) is 14.8 Å². The van der Waals surface area contributed by atoms with Crippen molar-refractivity contribution < 1.29 is 14.0 Å². The molecule has 0 aromatic carbocycles. The van der Waals surface area contributed by atoms with Gasteiger partial charge in [0.2, 0.25) is 17.6 Å². The number of nitrogens with one attached hydrogen (secondary N) is 2. The summed E-state index contributed by atoms with van der Waals surface area (Å²) in [5.41, 5.74) is 1.48. The number of rotatable bonds is 10. The van der Waals surface area contributed by atoms with Gasteiger partial charge in [-0.05, 0) is 50.4 Å². The van der Waals surface area contributed by atoms with E-state index >= 15 is 0 Å². The van der Waals surface area contributed by atoms with Crippen molar-refractivity contribution in [1.82, 2.24) is 29.7 Å². The molecular formula is C28H42N8O4. The molecule has 2 atom stereocenters. The molecule has 3 fully saturated rings. The predicted octanol–water partition coefficient (Wildman–Crippen LogP) is 3.84. The van der Waals surface area contributed by atoms with Crippen molar-refractivity contribution in [3.8, 4) is 11.6 Å². The minimum absolute atomic E-state index is 0.0507. The molecule has 3 aromatic heterocycles. The Hall–Kier alpha value is -2.99. The quantitative estimate of drug-likeness (QED) is 0.380. The second kappa shape index (κ2) is 11.9. The molecule has 2 saturated carbocycles. The van der Waals surface area contributed by atoms with Crippen molar-refractivity contribution in [2.75, 3.05) is 43.7 Å². The highest BCUT2D eigenvalue weighted by Gasteiger charge is 2.32. The SMILES string of the molecule is CCC1CCC(Cn2c(N3CCOCC3COC)nc3nc(-c4noc(=O)[nH]4)nc(NC(C)C4CCC4)c32)CC1. The summed E-state index contributed by atoms with van der Waals surface area (Å²) in [5, 5.41) is 7.59. The molecule has 2 unspecified atom stereocenters. The van der Waals surface area contributed by atoms with E-state index in [0.29, 0.717) is 37.3 Å². The van der Waals surface area contributed by atoms with Gasteiger partial charge in [-0.2, -0.15) is 4.98 Å². The van der Waals surface area contributed by atoms with E-state index in [1.165, 1.54) is 51.4 Å². The topological polar surface area (TPSA) is 136 Å². The lowest BCUT2D eigenvalue weighted by Gasteiger charge is -2.37. The van der Waals surface area contributed by atoms with Gasteiger partial charge in [0.05, 0.1) is 25.9 Å². The van der Waals surface area contributed by atoms with Crippen molar-refractivity contribution in [2.45, 2.75) is 83.8 Å². The van der Waals surface area contributed by atoms with Gasteiger partial charge in [0.15, 0.2) is 11.5 Å². The molecule has 4 heterocycles. The maximum absolute atomic E-state index is 11.7. The molecule has 12 nitrogen and oxygen atoms in total. The second-order valence-electron chi connectivity index (χ2n) is 11.8. The Morgan fingerprint density at radius 2 is 1.93 bits per heavy atom. The summed E-state index contributed by atoms with van der Waals surface area (Å²) in [4.78, 5) is 31.5. The Morgan fingerprint density at radius 3 is 2.60 bits per heavy atom. The Bertz CT molecular complexity index is 1340. The summed E-state index contributed by atoms with van der Waals surface area (Å²) >= 11 is 0. The monoisotopic (exact) mass is 554 g/mol. The first kappa shape index (κ1) is 27.2. The standard InChI is InChI=1S/C28H42N8O4/c1-4-18-8-10-19(11-9-18)14-36-22-23(29-17(2)20-6-5-7-20)30-25(26-33-28(37)40-34-26)31-24(22)32-27(36)35-12-13-39-16-21(35)15-38-3/h17-21H,4-16H2,1-3H3,(H,29,30,31)(H,33,34,37). The van der Waals surface area contributed by atoms with Crippen LogP contribution in [-0.4, -0.2) is 75.2 Å². The van der Waals surface area contributed by atoms with Crippen molar-refractivity contribution in [3.63, 3.8) is 0 Å². The number of nitrogens with zero attached hydrogens (tertiary/aromatic N) is 6. The first-order valence-corrected chi connectivity index (χ1v) is 15.0. The molecule has 3 aromatic rings. The Morgan fingerprint density at radius 1 is 1.12 bits per heavy atom. The van der Waals surface area contributed by atoms with Gasteiger partial charge in [-0.15, -0.1) is 0 Å². The van der Waals surface area contributed by atoms with E-state index in [4.69, 9.17) is 28.9 Å². The number of hydrogen-bond donors (Lipinski definition) is 2. The van der Waals surface area contributed by atoms with Crippen LogP contribution in [0.5, 0.6) is 0 Å². The molecule has 1 aliphatic heterocycles. The van der Waals surface area contributed by atoms with Crippen LogP contribution in [0.15, 0.2) is 9.32 Å². The number of aromatic nitrogens is 6. The number of hydrogen-bond acceptors (Lipinski definition) is 10. The van der Waals surface area contributed by atoms with Gasteiger partial charge in [0, 0.05) is 26.2 Å². The average molecular weight is 555 g/mol. The van der Waals surface area contributed by atoms with Crippen LogP contribution in [0, 0.1) is 17.8 Å². The zero-order chi connectivity index (χ0) is 27.6. The van der Waals surface area contributed by atoms with Crippen molar-refractivity contribution in [3.05, 3.63) is 10.6 Å². The number of anilines is 2. The molecule has 1 saturated heterocycles. The van der Waals surface area contributed by atoms with Gasteiger partial charge in [-0.3, -0.25) is 9.51 Å². The summed E-state index contributed by atoms with van der Waals surface area (Å²) in [6.07, 6.45) is 9.92. The second-order valence-corrected chi connectivity index (χ2v) is 11.8. The van der Waals surface area contributed by atoms with Gasteiger partial charge in [0.1, 0.15) is 5.52 Å². The number of methoxy groups -OCH3 is 1. The largest absolute Gasteiger partial charge is 0.439 e. The highest BCUT2D eigenvalue weighted by Crippen LogP contribution is 2.37. The highest BCUT2D eigenvalue weighted by molar-refractivity contribution is 5.87. The van der Waals surface area contributed by atoms with Gasteiger partial charge >= 0.3 is 5.76 Å². The van der Waals surface area contributed by atoms with Gasteiger partial charge in [0.25, 0.3) is 0 Å². The Kier molecular flexibility index (Phi) is 8.06. The third-order valence-electron chi connectivity index (χ3n) is 9.28. The van der Waals surface area contributed by atoms with Crippen LogP contribution in [0.2, 0.25) is 0 Å². The maximum Gasteiger partial charge on any atom is 0.439 e. The van der Waals surface area contributed by atoms with Gasteiger partial charge < -0.3 is 24.3 Å². The molecule has 12 heteroatoms. The molecule has 40 heavy (non-hydrogen) atoms. The first-order chi connectivity index (χ1) is 19.5. The van der Waals surface area contributed by atoms with E-state index in [0.717, 1.165) is 36.3 Å². The zero-order valence-corrected chi connectivity index (χ0v) is 23.9. The smallest absolute Gasteiger partial charge is 0.382 e. The lowest BCUT2D eigenvalue weighted by atomic mass is 9.80. The highest BCUT2D eigenvalue weighted by atomic mass is 16.5. The van der Waals surface area contributed by atoms with Crippen LogP contribution in [0.1, 0.15) is 65.2 Å².